The first-order valence-electron chi connectivity index (χ1n) is 5.29. The Morgan fingerprint density at radius 3 is 2.41 bits per heavy atom. The van der Waals surface area contributed by atoms with Crippen molar-refractivity contribution in [2.75, 3.05) is 13.2 Å². The molecule has 0 spiro atoms. The molecule has 0 aromatic rings. The Hall–Kier alpha value is -1.63. The van der Waals surface area contributed by atoms with Crippen LogP contribution in [0, 0.1) is 0 Å². The number of carboxylic acids is 1. The third-order valence-corrected chi connectivity index (χ3v) is 1.91. The molecule has 3 N–H and O–H groups in total. The van der Waals surface area contributed by atoms with E-state index in [-0.39, 0.29) is 32.5 Å². The van der Waals surface area contributed by atoms with Crippen molar-refractivity contribution in [3.8, 4) is 0 Å². The van der Waals surface area contributed by atoms with Gasteiger partial charge in [0.15, 0.2) is 0 Å². The molecule has 17 heavy (non-hydrogen) atoms. The predicted molar refractivity (Wildman–Crippen MR) is 57.1 cm³/mol. The topological polar surface area (TPSA) is 113 Å². The molecule has 0 aliphatic carbocycles. The van der Waals surface area contributed by atoms with Gasteiger partial charge in [0.2, 0.25) is 5.91 Å². The molecule has 7 heteroatoms. The Morgan fingerprint density at radius 2 is 1.94 bits per heavy atom. The normalized spacial score (nSPS) is 11.6. The molecular formula is C10H17NO6. The summed E-state index contributed by atoms with van der Waals surface area (Å²) < 4.78 is 4.62. The first-order chi connectivity index (χ1) is 8.01. The van der Waals surface area contributed by atoms with Crippen LogP contribution in [0.25, 0.3) is 0 Å². The highest BCUT2D eigenvalue weighted by atomic mass is 16.5. The van der Waals surface area contributed by atoms with Gasteiger partial charge in [-0.15, -0.1) is 0 Å². The van der Waals surface area contributed by atoms with Crippen LogP contribution in [0.3, 0.4) is 0 Å². The lowest BCUT2D eigenvalue weighted by Gasteiger charge is -2.12. The maximum Gasteiger partial charge on any atom is 0.326 e. The minimum atomic E-state index is -1.22. The third-order valence-electron chi connectivity index (χ3n) is 1.91. The lowest BCUT2D eigenvalue weighted by Crippen LogP contribution is -2.41. The van der Waals surface area contributed by atoms with Crippen LogP contribution in [-0.4, -0.2) is 47.3 Å². The minimum absolute atomic E-state index is 0.0690. The van der Waals surface area contributed by atoms with E-state index in [1.807, 2.05) is 0 Å². The molecular weight excluding hydrogens is 230 g/mol. The first kappa shape index (κ1) is 15.4. The fourth-order valence-electron chi connectivity index (χ4n) is 1.10. The lowest BCUT2D eigenvalue weighted by molar-refractivity contribution is -0.145. The van der Waals surface area contributed by atoms with E-state index in [1.165, 1.54) is 0 Å². The SMILES string of the molecule is CCOC(=O)CCC(=O)NC(CCO)C(=O)O. The molecule has 0 aromatic carbocycles. The molecule has 1 unspecified atom stereocenters. The average molecular weight is 247 g/mol. The van der Waals surface area contributed by atoms with Gasteiger partial charge in [-0.2, -0.15) is 0 Å². The molecule has 7 nitrogen and oxygen atoms in total. The van der Waals surface area contributed by atoms with Crippen LogP contribution in [0.2, 0.25) is 0 Å². The summed E-state index contributed by atoms with van der Waals surface area (Å²) in [6.45, 7) is 1.55. The van der Waals surface area contributed by atoms with Crippen LogP contribution in [0.5, 0.6) is 0 Å². The van der Waals surface area contributed by atoms with E-state index in [9.17, 15) is 14.4 Å². The van der Waals surface area contributed by atoms with Crippen LogP contribution in [0.4, 0.5) is 0 Å². The number of rotatable bonds is 8. The molecule has 1 amide bonds. The van der Waals surface area contributed by atoms with Gasteiger partial charge in [0, 0.05) is 19.4 Å². The Balaban J connectivity index is 3.98. The molecule has 98 valence electrons. The molecule has 0 aromatic heterocycles. The van der Waals surface area contributed by atoms with Crippen molar-refractivity contribution >= 4 is 17.8 Å². The van der Waals surface area contributed by atoms with Crippen LogP contribution < -0.4 is 5.32 Å². The molecule has 0 rings (SSSR count). The predicted octanol–water partition coefficient (Wildman–Crippen LogP) is -0.718. The van der Waals surface area contributed by atoms with Gasteiger partial charge in [0.05, 0.1) is 13.0 Å². The van der Waals surface area contributed by atoms with E-state index in [0.29, 0.717) is 0 Å². The molecule has 0 aliphatic rings. The molecule has 0 bridgehead atoms. The number of aliphatic hydroxyl groups is 1. The van der Waals surface area contributed by atoms with Crippen LogP contribution in [-0.2, 0) is 19.1 Å². The Bertz CT molecular complexity index is 278. The number of aliphatic hydroxyl groups excluding tert-OH is 1. The number of aliphatic carboxylic acids is 1. The summed E-state index contributed by atoms with van der Waals surface area (Å²) in [4.78, 5) is 32.9. The summed E-state index contributed by atoms with van der Waals surface area (Å²) in [6, 6.07) is -1.13. The molecule has 1 atom stereocenters. The summed E-state index contributed by atoms with van der Waals surface area (Å²) in [6.07, 6.45) is -0.292. The summed E-state index contributed by atoms with van der Waals surface area (Å²) >= 11 is 0. The second-order valence-electron chi connectivity index (χ2n) is 3.28. The number of carboxylic acid groups (broad SMARTS) is 1. The number of nitrogens with one attached hydrogen (secondary N) is 1. The molecule has 0 fully saturated rings. The monoisotopic (exact) mass is 247 g/mol. The maximum atomic E-state index is 11.3. The van der Waals surface area contributed by atoms with Gasteiger partial charge in [-0.1, -0.05) is 0 Å². The van der Waals surface area contributed by atoms with Gasteiger partial charge in [-0.05, 0) is 6.92 Å². The van der Waals surface area contributed by atoms with Crippen molar-refractivity contribution in [2.45, 2.75) is 32.2 Å². The molecule has 0 radical (unpaired) electrons. The standard InChI is InChI=1S/C10H17NO6/c1-2-17-9(14)4-3-8(13)11-7(5-6-12)10(15)16/h7,12H,2-6H2,1H3,(H,11,13)(H,15,16). The van der Waals surface area contributed by atoms with Crippen molar-refractivity contribution in [1.29, 1.82) is 0 Å². The Kier molecular flexibility index (Phi) is 7.70. The fourth-order valence-corrected chi connectivity index (χ4v) is 1.10. The van der Waals surface area contributed by atoms with E-state index in [0.717, 1.165) is 0 Å². The van der Waals surface area contributed by atoms with E-state index in [4.69, 9.17) is 10.2 Å². The highest BCUT2D eigenvalue weighted by molar-refractivity contribution is 5.85. The van der Waals surface area contributed by atoms with Crippen molar-refractivity contribution in [2.24, 2.45) is 0 Å². The van der Waals surface area contributed by atoms with Gasteiger partial charge in [0.25, 0.3) is 0 Å². The van der Waals surface area contributed by atoms with Crippen molar-refractivity contribution in [3.63, 3.8) is 0 Å². The van der Waals surface area contributed by atoms with Gasteiger partial charge >= 0.3 is 11.9 Å². The van der Waals surface area contributed by atoms with Gasteiger partial charge in [-0.25, -0.2) is 4.79 Å². The Morgan fingerprint density at radius 1 is 1.29 bits per heavy atom. The van der Waals surface area contributed by atoms with Gasteiger partial charge in [-0.3, -0.25) is 9.59 Å². The number of esters is 1. The number of amides is 1. The number of ether oxygens (including phenoxy) is 1. The van der Waals surface area contributed by atoms with E-state index < -0.39 is 23.9 Å². The smallest absolute Gasteiger partial charge is 0.326 e. The third kappa shape index (κ3) is 7.29. The summed E-state index contributed by atoms with van der Waals surface area (Å²) in [5, 5.41) is 19.5. The van der Waals surface area contributed by atoms with Crippen LogP contribution >= 0.6 is 0 Å². The maximum absolute atomic E-state index is 11.3. The first-order valence-corrected chi connectivity index (χ1v) is 5.29. The lowest BCUT2D eigenvalue weighted by atomic mass is 10.2. The number of hydrogen-bond donors (Lipinski definition) is 3. The van der Waals surface area contributed by atoms with Crippen molar-refractivity contribution < 1.29 is 29.3 Å². The summed E-state index contributed by atoms with van der Waals surface area (Å²) in [7, 11) is 0. The van der Waals surface area contributed by atoms with Crippen LogP contribution in [0.15, 0.2) is 0 Å². The zero-order valence-corrected chi connectivity index (χ0v) is 9.64. The molecule has 0 saturated carbocycles. The minimum Gasteiger partial charge on any atom is -0.480 e. The zero-order chi connectivity index (χ0) is 13.3. The number of carbonyl (C=O) groups is 3. The fraction of sp³-hybridized carbons (Fsp3) is 0.700. The summed E-state index contributed by atoms with van der Waals surface area (Å²) in [5.41, 5.74) is 0. The van der Waals surface area contributed by atoms with Crippen LogP contribution in [0.1, 0.15) is 26.2 Å². The zero-order valence-electron chi connectivity index (χ0n) is 9.64. The Labute approximate surface area is 98.8 Å². The highest BCUT2D eigenvalue weighted by Crippen LogP contribution is 1.97. The van der Waals surface area contributed by atoms with E-state index in [2.05, 4.69) is 10.1 Å². The second-order valence-corrected chi connectivity index (χ2v) is 3.28. The largest absolute Gasteiger partial charge is 0.480 e. The van der Waals surface area contributed by atoms with Crippen molar-refractivity contribution in [1.82, 2.24) is 5.32 Å². The van der Waals surface area contributed by atoms with Crippen molar-refractivity contribution in [3.05, 3.63) is 0 Å². The molecule has 0 heterocycles. The van der Waals surface area contributed by atoms with E-state index in [1.54, 1.807) is 6.92 Å². The summed E-state index contributed by atoms with van der Waals surface area (Å²) in [5.74, 6) is -2.28. The van der Waals surface area contributed by atoms with E-state index >= 15 is 0 Å². The number of carbonyl (C=O) groups excluding carboxylic acids is 2. The highest BCUT2D eigenvalue weighted by Gasteiger charge is 2.19. The molecule has 0 aliphatic heterocycles. The number of hydrogen-bond acceptors (Lipinski definition) is 5. The average Bonchev–Trinajstić information content (AvgIpc) is 2.26. The van der Waals surface area contributed by atoms with Gasteiger partial charge in [0.1, 0.15) is 6.04 Å². The quantitative estimate of drug-likeness (QED) is 0.488. The van der Waals surface area contributed by atoms with Gasteiger partial charge < -0.3 is 20.3 Å². The second kappa shape index (κ2) is 8.51. The molecule has 0 saturated heterocycles.